The molecule has 1 N–H and O–H groups in total. The van der Waals surface area contributed by atoms with Gasteiger partial charge in [-0.25, -0.2) is 4.79 Å². The van der Waals surface area contributed by atoms with E-state index in [1.807, 2.05) is 18.2 Å². The van der Waals surface area contributed by atoms with Gasteiger partial charge in [0, 0.05) is 18.7 Å². The van der Waals surface area contributed by atoms with Crippen LogP contribution in [0, 0.1) is 5.92 Å². The number of morpholine rings is 1. The van der Waals surface area contributed by atoms with E-state index in [1.165, 1.54) is 32.1 Å². The Morgan fingerprint density at radius 2 is 1.81 bits per heavy atom. The van der Waals surface area contributed by atoms with E-state index in [4.69, 9.17) is 14.0 Å². The molecule has 2 amide bonds. The summed E-state index contributed by atoms with van der Waals surface area (Å²) in [6, 6.07) is 8.12. The van der Waals surface area contributed by atoms with Gasteiger partial charge in [-0.15, -0.1) is 0 Å². The summed E-state index contributed by atoms with van der Waals surface area (Å²) in [5, 5.41) is 6.15. The number of hydrogen-bond acceptors (Lipinski definition) is 8. The Balaban J connectivity index is 0.000000444. The van der Waals surface area contributed by atoms with Crippen molar-refractivity contribution in [3.63, 3.8) is 0 Å². The minimum absolute atomic E-state index is 0.139. The molecule has 0 bridgehead atoms. The standard InChI is InChI=1S/C19H22N4O6.C7H14/c1-2-14(20-19(26)28-12-15(24)23-8-10-27-11-9-23)16(25)17-21-18(29-22-17)13-6-4-3-5-7-13;1-7-5-3-2-4-6-7/h3-7,14H,2,8-12H2,1H3,(H,20,26);7H,2-6H2,1H3. The maximum atomic E-state index is 12.6. The summed E-state index contributed by atoms with van der Waals surface area (Å²) in [7, 11) is 0. The molecule has 1 aliphatic carbocycles. The first-order valence-corrected chi connectivity index (χ1v) is 12.7. The molecule has 1 aliphatic heterocycles. The second-order valence-electron chi connectivity index (χ2n) is 9.07. The number of alkyl carbamates (subject to hydrolysis) is 1. The molecule has 1 aromatic heterocycles. The molecule has 10 heteroatoms. The van der Waals surface area contributed by atoms with E-state index < -0.39 is 24.5 Å². The fraction of sp³-hybridized carbons (Fsp3) is 0.577. The van der Waals surface area contributed by atoms with E-state index in [2.05, 4.69) is 22.4 Å². The molecule has 2 aromatic rings. The van der Waals surface area contributed by atoms with Crippen LogP contribution in [0.1, 0.15) is 63.0 Å². The summed E-state index contributed by atoms with van der Waals surface area (Å²) in [4.78, 5) is 42.3. The van der Waals surface area contributed by atoms with Crippen LogP contribution in [0.15, 0.2) is 34.9 Å². The lowest BCUT2D eigenvalue weighted by molar-refractivity contribution is -0.138. The number of Topliss-reactive ketones (excluding diaryl/α,β-unsaturated/α-hetero) is 1. The molecule has 2 heterocycles. The largest absolute Gasteiger partial charge is 0.439 e. The molecular weight excluding hydrogens is 464 g/mol. The van der Waals surface area contributed by atoms with E-state index in [0.29, 0.717) is 38.3 Å². The first-order chi connectivity index (χ1) is 17.5. The SMILES string of the molecule is CC1CCCCC1.CCC(NC(=O)OCC(=O)N1CCOCC1)C(=O)c1noc(-c2ccccc2)n1. The van der Waals surface area contributed by atoms with Crippen LogP contribution in [-0.4, -0.2) is 71.8 Å². The van der Waals surface area contributed by atoms with Crippen LogP contribution in [0.5, 0.6) is 0 Å². The van der Waals surface area contributed by atoms with Gasteiger partial charge in [-0.05, 0) is 24.5 Å². The Hall–Kier alpha value is -3.27. The molecular formula is C26H36N4O6. The summed E-state index contributed by atoms with van der Waals surface area (Å²) < 4.78 is 15.3. The van der Waals surface area contributed by atoms with Crippen molar-refractivity contribution in [1.29, 1.82) is 0 Å². The van der Waals surface area contributed by atoms with Crippen LogP contribution in [0.3, 0.4) is 0 Å². The summed E-state index contributed by atoms with van der Waals surface area (Å²) in [6.07, 6.45) is 6.87. The van der Waals surface area contributed by atoms with E-state index in [-0.39, 0.29) is 17.6 Å². The topological polar surface area (TPSA) is 124 Å². The molecule has 4 rings (SSSR count). The van der Waals surface area contributed by atoms with E-state index in [0.717, 1.165) is 5.92 Å². The number of ketones is 1. The predicted octanol–water partition coefficient (Wildman–Crippen LogP) is 3.87. The quantitative estimate of drug-likeness (QED) is 0.568. The van der Waals surface area contributed by atoms with Crippen molar-refractivity contribution >= 4 is 17.8 Å². The van der Waals surface area contributed by atoms with Crippen molar-refractivity contribution in [3.8, 4) is 11.5 Å². The number of aromatic nitrogens is 2. The van der Waals surface area contributed by atoms with Crippen molar-refractivity contribution in [2.24, 2.45) is 5.92 Å². The number of nitrogens with zero attached hydrogens (tertiary/aromatic N) is 3. The maximum Gasteiger partial charge on any atom is 0.408 e. The minimum atomic E-state index is -0.901. The molecule has 1 saturated carbocycles. The maximum absolute atomic E-state index is 12.6. The van der Waals surface area contributed by atoms with Gasteiger partial charge in [-0.2, -0.15) is 4.98 Å². The normalized spacial score (nSPS) is 16.9. The number of nitrogens with one attached hydrogen (secondary N) is 1. The van der Waals surface area contributed by atoms with Gasteiger partial charge in [0.25, 0.3) is 11.8 Å². The zero-order valence-corrected chi connectivity index (χ0v) is 21.1. The molecule has 36 heavy (non-hydrogen) atoms. The Morgan fingerprint density at radius 1 is 1.11 bits per heavy atom. The highest BCUT2D eigenvalue weighted by Gasteiger charge is 2.26. The van der Waals surface area contributed by atoms with Crippen LogP contribution in [0.25, 0.3) is 11.5 Å². The molecule has 0 radical (unpaired) electrons. The molecule has 2 fully saturated rings. The van der Waals surface area contributed by atoms with Gasteiger partial charge in [-0.1, -0.05) is 69.3 Å². The van der Waals surface area contributed by atoms with E-state index in [1.54, 1.807) is 24.0 Å². The van der Waals surface area contributed by atoms with Crippen molar-refractivity contribution < 1.29 is 28.4 Å². The van der Waals surface area contributed by atoms with Crippen LogP contribution in [0.2, 0.25) is 0 Å². The highest BCUT2D eigenvalue weighted by atomic mass is 16.6. The average Bonchev–Trinajstić information content (AvgIpc) is 3.42. The molecule has 1 aromatic carbocycles. The monoisotopic (exact) mass is 500 g/mol. The Kier molecular flexibility index (Phi) is 10.9. The molecule has 196 valence electrons. The lowest BCUT2D eigenvalue weighted by atomic mass is 9.91. The number of amides is 2. The van der Waals surface area contributed by atoms with Crippen molar-refractivity contribution in [2.75, 3.05) is 32.9 Å². The molecule has 2 aliphatic rings. The number of ether oxygens (including phenoxy) is 2. The zero-order valence-electron chi connectivity index (χ0n) is 21.1. The second kappa shape index (κ2) is 14.3. The fourth-order valence-corrected chi connectivity index (χ4v) is 4.05. The number of carbonyl (C=O) groups is 3. The fourth-order valence-electron chi connectivity index (χ4n) is 4.05. The van der Waals surface area contributed by atoms with Gasteiger partial charge in [-0.3, -0.25) is 9.59 Å². The lowest BCUT2D eigenvalue weighted by Gasteiger charge is -2.26. The first kappa shape index (κ1) is 27.3. The van der Waals surface area contributed by atoms with Crippen molar-refractivity contribution in [2.45, 2.75) is 58.4 Å². The second-order valence-corrected chi connectivity index (χ2v) is 9.07. The number of carbonyl (C=O) groups excluding carboxylic acids is 3. The molecule has 10 nitrogen and oxygen atoms in total. The summed E-state index contributed by atoms with van der Waals surface area (Å²) >= 11 is 0. The number of rotatable bonds is 7. The smallest absolute Gasteiger partial charge is 0.408 e. The Morgan fingerprint density at radius 3 is 2.42 bits per heavy atom. The third-order valence-electron chi connectivity index (χ3n) is 6.27. The third-order valence-corrected chi connectivity index (χ3v) is 6.27. The predicted molar refractivity (Wildman–Crippen MR) is 132 cm³/mol. The first-order valence-electron chi connectivity index (χ1n) is 12.7. The van der Waals surface area contributed by atoms with Crippen LogP contribution < -0.4 is 5.32 Å². The molecule has 1 saturated heterocycles. The molecule has 0 spiro atoms. The van der Waals surface area contributed by atoms with E-state index in [9.17, 15) is 14.4 Å². The zero-order chi connectivity index (χ0) is 25.8. The van der Waals surface area contributed by atoms with Gasteiger partial charge in [0.15, 0.2) is 6.61 Å². The van der Waals surface area contributed by atoms with Crippen LogP contribution in [-0.2, 0) is 14.3 Å². The molecule has 1 atom stereocenters. The van der Waals surface area contributed by atoms with Gasteiger partial charge in [0.05, 0.1) is 19.3 Å². The van der Waals surface area contributed by atoms with Crippen molar-refractivity contribution in [1.82, 2.24) is 20.4 Å². The van der Waals surface area contributed by atoms with Crippen LogP contribution >= 0.6 is 0 Å². The lowest BCUT2D eigenvalue weighted by Crippen LogP contribution is -2.45. The van der Waals surface area contributed by atoms with Crippen LogP contribution in [0.4, 0.5) is 4.79 Å². The highest BCUT2D eigenvalue weighted by Crippen LogP contribution is 2.22. The summed E-state index contributed by atoms with van der Waals surface area (Å²) in [5.74, 6) is 0.292. The highest BCUT2D eigenvalue weighted by molar-refractivity contribution is 5.98. The van der Waals surface area contributed by atoms with Gasteiger partial charge in [0.2, 0.25) is 11.6 Å². The van der Waals surface area contributed by atoms with Gasteiger partial charge in [0.1, 0.15) is 0 Å². The summed E-state index contributed by atoms with van der Waals surface area (Å²) in [5.41, 5.74) is 0.682. The van der Waals surface area contributed by atoms with Gasteiger partial charge < -0.3 is 24.2 Å². The number of hydrogen-bond donors (Lipinski definition) is 1. The average molecular weight is 501 g/mol. The minimum Gasteiger partial charge on any atom is -0.439 e. The molecule has 1 unspecified atom stereocenters. The van der Waals surface area contributed by atoms with Gasteiger partial charge >= 0.3 is 6.09 Å². The van der Waals surface area contributed by atoms with E-state index >= 15 is 0 Å². The Bertz CT molecular complexity index is 968. The summed E-state index contributed by atoms with van der Waals surface area (Å²) in [6.45, 7) is 5.51. The third kappa shape index (κ3) is 8.44. The number of benzene rings is 1. The Labute approximate surface area is 211 Å². The van der Waals surface area contributed by atoms with Crippen molar-refractivity contribution in [3.05, 3.63) is 36.2 Å².